The minimum absolute atomic E-state index is 0.0948. The molecule has 2 aromatic carbocycles. The van der Waals surface area contributed by atoms with Crippen LogP contribution in [0.15, 0.2) is 36.5 Å². The van der Waals surface area contributed by atoms with Gasteiger partial charge in [-0.05, 0) is 105 Å². The van der Waals surface area contributed by atoms with Crippen molar-refractivity contribution in [3.05, 3.63) is 59.0 Å². The lowest BCUT2D eigenvalue weighted by Gasteiger charge is -2.28. The first-order valence-corrected chi connectivity index (χ1v) is 15.5. The highest BCUT2D eigenvalue weighted by atomic mass is 32.1. The molecule has 4 aromatic rings. The Morgan fingerprint density at radius 3 is 2.73 bits per heavy atom. The molecule has 210 valence electrons. The van der Waals surface area contributed by atoms with Crippen molar-refractivity contribution in [3.63, 3.8) is 0 Å². The zero-order valence-electron chi connectivity index (χ0n) is 22.6. The monoisotopic (exact) mass is 563 g/mol. The molecule has 40 heavy (non-hydrogen) atoms. The molecule has 0 spiro atoms. The highest BCUT2D eigenvalue weighted by Crippen LogP contribution is 2.46. The highest BCUT2D eigenvalue weighted by Gasteiger charge is 2.31. The Morgan fingerprint density at radius 1 is 1.10 bits per heavy atom. The molecule has 2 N–H and O–H groups in total. The molecule has 9 heteroatoms. The number of thiazole rings is 1. The first-order valence-electron chi connectivity index (χ1n) is 14.7. The quantitative estimate of drug-likeness (QED) is 0.250. The minimum Gasteiger partial charge on any atom is -0.352 e. The van der Waals surface area contributed by atoms with Gasteiger partial charge in [-0.1, -0.05) is 11.3 Å². The molecule has 3 fully saturated rings. The van der Waals surface area contributed by atoms with Gasteiger partial charge in [0.15, 0.2) is 4.96 Å². The van der Waals surface area contributed by atoms with Crippen LogP contribution in [0, 0.1) is 5.82 Å². The van der Waals surface area contributed by atoms with Gasteiger partial charge in [-0.25, -0.2) is 13.8 Å². The van der Waals surface area contributed by atoms with Gasteiger partial charge in [-0.3, -0.25) is 9.20 Å². The van der Waals surface area contributed by atoms with Gasteiger partial charge in [0.1, 0.15) is 12.0 Å². The van der Waals surface area contributed by atoms with Crippen LogP contribution in [0.1, 0.15) is 78.4 Å². The highest BCUT2D eigenvalue weighted by molar-refractivity contribution is 7.23. The normalized spacial score (nSPS) is 20.6. The van der Waals surface area contributed by atoms with E-state index in [-0.39, 0.29) is 17.8 Å². The van der Waals surface area contributed by atoms with Crippen LogP contribution in [0.2, 0.25) is 0 Å². The number of fused-ring (bicyclic) bond motifs is 3. The summed E-state index contributed by atoms with van der Waals surface area (Å²) in [5.74, 6) is 0.219. The second-order valence-electron chi connectivity index (χ2n) is 11.6. The molecular weight excluding hydrogens is 528 g/mol. The van der Waals surface area contributed by atoms with Gasteiger partial charge in [0, 0.05) is 43.0 Å². The maximum Gasteiger partial charge on any atom is 0.251 e. The Labute approximate surface area is 236 Å². The first kappa shape index (κ1) is 26.0. The fourth-order valence-electron chi connectivity index (χ4n) is 6.31. The molecule has 7 rings (SSSR count). The van der Waals surface area contributed by atoms with Crippen LogP contribution < -0.4 is 10.6 Å². The average Bonchev–Trinajstić information content (AvgIpc) is 3.34. The van der Waals surface area contributed by atoms with Gasteiger partial charge in [-0.2, -0.15) is 0 Å². The Kier molecular flexibility index (Phi) is 7.06. The van der Waals surface area contributed by atoms with Gasteiger partial charge in [-0.15, -0.1) is 0 Å². The Bertz CT molecular complexity index is 1550. The third-order valence-corrected chi connectivity index (χ3v) is 9.73. The number of benzene rings is 2. The van der Waals surface area contributed by atoms with E-state index in [9.17, 15) is 9.18 Å². The van der Waals surface area contributed by atoms with E-state index in [0.29, 0.717) is 42.1 Å². The van der Waals surface area contributed by atoms with Gasteiger partial charge < -0.3 is 15.5 Å². The molecule has 2 saturated heterocycles. The third-order valence-electron chi connectivity index (χ3n) is 8.71. The largest absolute Gasteiger partial charge is 0.352 e. The maximum atomic E-state index is 15.5. The molecule has 1 atom stereocenters. The number of rotatable bonds is 8. The zero-order chi connectivity index (χ0) is 27.2. The number of hydrogen-bond acceptors (Lipinski definition) is 5. The number of halogens is 2. The van der Waals surface area contributed by atoms with Crippen molar-refractivity contribution in [2.75, 3.05) is 32.7 Å². The number of aromatic nitrogens is 2. The molecule has 0 unspecified atom stereocenters. The zero-order valence-corrected chi connectivity index (χ0v) is 23.4. The fraction of sp³-hybridized carbons (Fsp3) is 0.484. The molecule has 0 bridgehead atoms. The van der Waals surface area contributed by atoms with E-state index in [2.05, 4.69) is 15.5 Å². The molecule has 2 aliphatic heterocycles. The fourth-order valence-corrected chi connectivity index (χ4v) is 7.35. The Morgan fingerprint density at radius 2 is 1.95 bits per heavy atom. The number of nitrogens with one attached hydrogen (secondary N) is 2. The maximum absolute atomic E-state index is 15.5. The average molecular weight is 564 g/mol. The lowest BCUT2D eigenvalue weighted by molar-refractivity contribution is 0.0950. The van der Waals surface area contributed by atoms with E-state index in [1.165, 1.54) is 29.7 Å². The molecule has 6 nitrogen and oxygen atoms in total. The SMILES string of the molecule is O=C(NCCCN1CCC(F)CC1)c1ccc2c(c1)sc1nc(-c3cc(C4CC4)c([C@H]4CCCN4)cc3F)cn12. The van der Waals surface area contributed by atoms with Crippen LogP contribution in [-0.2, 0) is 0 Å². The van der Waals surface area contributed by atoms with Crippen LogP contribution in [0.25, 0.3) is 26.4 Å². The van der Waals surface area contributed by atoms with Gasteiger partial charge in [0.25, 0.3) is 5.91 Å². The number of amides is 1. The van der Waals surface area contributed by atoms with Crippen LogP contribution >= 0.6 is 11.3 Å². The summed E-state index contributed by atoms with van der Waals surface area (Å²) < 4.78 is 31.7. The Balaban J connectivity index is 1.06. The van der Waals surface area contributed by atoms with E-state index in [4.69, 9.17) is 4.98 Å². The second-order valence-corrected chi connectivity index (χ2v) is 12.6. The topological polar surface area (TPSA) is 61.7 Å². The number of likely N-dealkylation sites (tertiary alicyclic amines) is 1. The third kappa shape index (κ3) is 5.15. The molecule has 1 aliphatic carbocycles. The molecule has 1 saturated carbocycles. The number of imidazole rings is 1. The first-order chi connectivity index (χ1) is 19.5. The standard InChI is InChI=1S/C31H35F2N5OS/c32-21-8-13-37(14-9-21)12-2-11-35-30(39)20-6-7-28-29(15-20)40-31-36-27(18-38(28)31)24-16-22(19-4-5-19)23(17-25(24)33)26-3-1-10-34-26/h6-7,15-19,21,26,34H,1-5,8-14H2,(H,35,39)/t26-/m1/s1. The van der Waals surface area contributed by atoms with Gasteiger partial charge >= 0.3 is 0 Å². The molecule has 0 radical (unpaired) electrons. The predicted molar refractivity (Wildman–Crippen MR) is 155 cm³/mol. The van der Waals surface area contributed by atoms with Crippen molar-refractivity contribution in [3.8, 4) is 11.3 Å². The van der Waals surface area contributed by atoms with Crippen LogP contribution in [0.3, 0.4) is 0 Å². The smallest absolute Gasteiger partial charge is 0.251 e. The van der Waals surface area contributed by atoms with Crippen molar-refractivity contribution in [2.24, 2.45) is 0 Å². The molecular formula is C31H35F2N5OS. The van der Waals surface area contributed by atoms with E-state index >= 15 is 4.39 Å². The summed E-state index contributed by atoms with van der Waals surface area (Å²) in [5.41, 5.74) is 5.19. The summed E-state index contributed by atoms with van der Waals surface area (Å²) >= 11 is 1.51. The molecule has 4 heterocycles. The summed E-state index contributed by atoms with van der Waals surface area (Å²) in [6.45, 7) is 4.05. The van der Waals surface area contributed by atoms with Crippen molar-refractivity contribution in [1.29, 1.82) is 0 Å². The number of carbonyl (C=O) groups is 1. The summed E-state index contributed by atoms with van der Waals surface area (Å²) in [4.78, 5) is 20.7. The van der Waals surface area contributed by atoms with Gasteiger partial charge in [0.2, 0.25) is 0 Å². The summed E-state index contributed by atoms with van der Waals surface area (Å²) in [6, 6.07) is 9.73. The van der Waals surface area contributed by atoms with E-state index in [1.807, 2.05) is 34.9 Å². The minimum atomic E-state index is -0.663. The van der Waals surface area contributed by atoms with E-state index in [0.717, 1.165) is 66.2 Å². The van der Waals surface area contributed by atoms with Crippen LogP contribution in [-0.4, -0.2) is 59.1 Å². The molecule has 3 aliphatic rings. The van der Waals surface area contributed by atoms with Crippen molar-refractivity contribution in [1.82, 2.24) is 24.9 Å². The summed E-state index contributed by atoms with van der Waals surface area (Å²) in [6.07, 6.45) is 7.85. The second kappa shape index (κ2) is 10.8. The Hall–Kier alpha value is -2.88. The lowest BCUT2D eigenvalue weighted by atomic mass is 9.93. The number of hydrogen-bond donors (Lipinski definition) is 2. The lowest BCUT2D eigenvalue weighted by Crippen LogP contribution is -2.36. The van der Waals surface area contributed by atoms with E-state index < -0.39 is 6.17 Å². The van der Waals surface area contributed by atoms with Crippen molar-refractivity contribution < 1.29 is 13.6 Å². The summed E-state index contributed by atoms with van der Waals surface area (Å²) in [5, 5.41) is 6.55. The number of carbonyl (C=O) groups excluding carboxylic acids is 1. The van der Waals surface area contributed by atoms with Crippen LogP contribution in [0.5, 0.6) is 0 Å². The summed E-state index contributed by atoms with van der Waals surface area (Å²) in [7, 11) is 0. The molecule has 1 amide bonds. The predicted octanol–water partition coefficient (Wildman–Crippen LogP) is 6.21. The number of piperidine rings is 1. The van der Waals surface area contributed by atoms with E-state index in [1.54, 1.807) is 6.07 Å². The van der Waals surface area contributed by atoms with Crippen molar-refractivity contribution in [2.45, 2.75) is 63.1 Å². The molecule has 2 aromatic heterocycles. The van der Waals surface area contributed by atoms with Crippen molar-refractivity contribution >= 4 is 32.4 Å². The van der Waals surface area contributed by atoms with Gasteiger partial charge in [0.05, 0.1) is 15.9 Å². The van der Waals surface area contributed by atoms with Crippen LogP contribution in [0.4, 0.5) is 8.78 Å². The number of nitrogens with zero attached hydrogens (tertiary/aromatic N) is 3. The number of alkyl halides is 1.